The van der Waals surface area contributed by atoms with E-state index in [2.05, 4.69) is 10.5 Å². The summed E-state index contributed by atoms with van der Waals surface area (Å²) < 4.78 is 0. The Morgan fingerprint density at radius 2 is 2.06 bits per heavy atom. The summed E-state index contributed by atoms with van der Waals surface area (Å²) in [5.74, 6) is 15.4. The van der Waals surface area contributed by atoms with Crippen LogP contribution in [0.15, 0.2) is 14.7 Å². The van der Waals surface area contributed by atoms with Crippen molar-refractivity contribution in [2.75, 3.05) is 11.6 Å². The van der Waals surface area contributed by atoms with Crippen LogP contribution < -0.4 is 38.8 Å². The van der Waals surface area contributed by atoms with Crippen LogP contribution >= 0.6 is 0 Å². The standard InChI is InChI=1S/C8H14N6O3/c9-12-4(13-10)2-1-3-14(11)5-6(15)8(17)7(5)16/h15H,1-3,9-11H2,(H,12,13). The van der Waals surface area contributed by atoms with Crippen LogP contribution in [0.25, 0.3) is 0 Å². The van der Waals surface area contributed by atoms with E-state index in [1.165, 1.54) is 0 Å². The molecule has 0 radical (unpaired) electrons. The maximum Gasteiger partial charge on any atom is 0.271 e. The molecule has 0 fully saturated rings. The van der Waals surface area contributed by atoms with Gasteiger partial charge < -0.3 is 21.4 Å². The number of hydrogen-bond acceptors (Lipinski definition) is 8. The predicted octanol–water partition coefficient (Wildman–Crippen LogP) is -2.82. The summed E-state index contributed by atoms with van der Waals surface area (Å²) >= 11 is 0. The average Bonchev–Trinajstić information content (AvgIpc) is 2.34. The van der Waals surface area contributed by atoms with Gasteiger partial charge in [0.25, 0.3) is 10.9 Å². The van der Waals surface area contributed by atoms with Gasteiger partial charge in [-0.1, -0.05) is 0 Å². The molecule has 0 aromatic heterocycles. The van der Waals surface area contributed by atoms with Crippen molar-refractivity contribution in [1.82, 2.24) is 5.43 Å². The van der Waals surface area contributed by atoms with Gasteiger partial charge >= 0.3 is 0 Å². The Morgan fingerprint density at radius 1 is 1.41 bits per heavy atom. The molecule has 17 heavy (non-hydrogen) atoms. The van der Waals surface area contributed by atoms with Crippen LogP contribution in [0.4, 0.5) is 5.69 Å². The Morgan fingerprint density at radius 3 is 2.53 bits per heavy atom. The number of nitrogens with zero attached hydrogens (tertiary/aromatic N) is 2. The first kappa shape index (κ1) is 12.9. The fraction of sp³-hybridized carbons (Fsp3) is 0.375. The van der Waals surface area contributed by atoms with E-state index in [1.54, 1.807) is 0 Å². The normalized spacial score (nSPS) is 11.8. The van der Waals surface area contributed by atoms with Crippen molar-refractivity contribution in [2.24, 2.45) is 22.6 Å². The van der Waals surface area contributed by atoms with Gasteiger partial charge in [0.05, 0.1) is 0 Å². The molecule has 0 aliphatic heterocycles. The second kappa shape index (κ2) is 5.27. The molecule has 0 spiro atoms. The monoisotopic (exact) mass is 242 g/mol. The summed E-state index contributed by atoms with van der Waals surface area (Å²) in [5.41, 5.74) is 0.429. The summed E-state index contributed by atoms with van der Waals surface area (Å²) in [6.07, 6.45) is 0.922. The van der Waals surface area contributed by atoms with Crippen molar-refractivity contribution in [3.8, 4) is 5.75 Å². The Bertz CT molecular complexity index is 489. The van der Waals surface area contributed by atoms with Gasteiger partial charge in [-0.3, -0.25) is 9.59 Å². The van der Waals surface area contributed by atoms with Crippen molar-refractivity contribution in [2.45, 2.75) is 12.8 Å². The van der Waals surface area contributed by atoms with Crippen LogP contribution in [-0.2, 0) is 0 Å². The summed E-state index contributed by atoms with van der Waals surface area (Å²) in [6, 6.07) is 0. The first-order chi connectivity index (χ1) is 8.02. The number of hydrazone groups is 1. The summed E-state index contributed by atoms with van der Waals surface area (Å²) in [4.78, 5) is 21.8. The number of rotatable bonds is 5. The molecular formula is C8H14N6O3. The van der Waals surface area contributed by atoms with Gasteiger partial charge in [-0.05, 0) is 6.42 Å². The number of nitrogens with two attached hydrogens (primary N) is 3. The Hall–Kier alpha value is -2.13. The van der Waals surface area contributed by atoms with E-state index in [0.717, 1.165) is 5.01 Å². The first-order valence-electron chi connectivity index (χ1n) is 4.80. The minimum Gasteiger partial charge on any atom is -0.502 e. The van der Waals surface area contributed by atoms with Crippen molar-refractivity contribution in [1.29, 1.82) is 0 Å². The number of hydrogen-bond donors (Lipinski definition) is 5. The molecule has 0 atom stereocenters. The van der Waals surface area contributed by atoms with E-state index in [9.17, 15) is 9.59 Å². The van der Waals surface area contributed by atoms with Gasteiger partial charge in [0.2, 0.25) is 0 Å². The fourth-order valence-corrected chi connectivity index (χ4v) is 1.34. The number of amidine groups is 1. The minimum atomic E-state index is -0.914. The molecule has 0 heterocycles. The Kier molecular flexibility index (Phi) is 4.01. The topological polar surface area (TPSA) is 160 Å². The Balaban J connectivity index is 2.50. The van der Waals surface area contributed by atoms with Crippen LogP contribution in [0, 0.1) is 0 Å². The van der Waals surface area contributed by atoms with Crippen LogP contribution in [0.5, 0.6) is 5.75 Å². The molecule has 1 aromatic carbocycles. The molecule has 0 bridgehead atoms. The van der Waals surface area contributed by atoms with Crippen molar-refractivity contribution >= 4 is 11.5 Å². The minimum absolute atomic E-state index is 0.165. The lowest BCUT2D eigenvalue weighted by Gasteiger charge is -2.19. The smallest absolute Gasteiger partial charge is 0.271 e. The molecule has 8 N–H and O–H groups in total. The highest BCUT2D eigenvalue weighted by atomic mass is 16.3. The van der Waals surface area contributed by atoms with Gasteiger partial charge in [-0.2, -0.15) is 5.10 Å². The molecule has 0 saturated heterocycles. The lowest BCUT2D eigenvalue weighted by molar-refractivity contribution is 0.461. The lowest BCUT2D eigenvalue weighted by atomic mass is 10.2. The molecule has 0 aliphatic carbocycles. The third-order valence-corrected chi connectivity index (χ3v) is 2.28. The Labute approximate surface area is 96.1 Å². The molecule has 0 aliphatic rings. The molecule has 1 rings (SSSR count). The van der Waals surface area contributed by atoms with Crippen LogP contribution in [0.1, 0.15) is 12.8 Å². The lowest BCUT2D eigenvalue weighted by Crippen LogP contribution is -2.44. The highest BCUT2D eigenvalue weighted by Crippen LogP contribution is 2.17. The highest BCUT2D eigenvalue weighted by Gasteiger charge is 2.23. The van der Waals surface area contributed by atoms with Gasteiger partial charge in [-0.15, -0.1) is 0 Å². The maximum absolute atomic E-state index is 11.1. The summed E-state index contributed by atoms with van der Waals surface area (Å²) in [6.45, 7) is 0.249. The number of hydrazine groups is 2. The van der Waals surface area contributed by atoms with Gasteiger partial charge in [0.1, 0.15) is 5.84 Å². The molecule has 0 saturated carbocycles. The average molecular weight is 242 g/mol. The molecule has 0 unspecified atom stereocenters. The zero-order valence-electron chi connectivity index (χ0n) is 9.01. The maximum atomic E-state index is 11.1. The van der Waals surface area contributed by atoms with E-state index >= 15 is 0 Å². The van der Waals surface area contributed by atoms with E-state index in [1.807, 2.05) is 0 Å². The molecule has 1 aromatic rings. The number of anilines is 1. The van der Waals surface area contributed by atoms with Crippen LogP contribution in [-0.4, -0.2) is 17.5 Å². The van der Waals surface area contributed by atoms with Gasteiger partial charge in [0, 0.05) is 13.0 Å². The summed E-state index contributed by atoms with van der Waals surface area (Å²) in [5, 5.41) is 13.5. The second-order valence-electron chi connectivity index (χ2n) is 3.37. The first-order valence-corrected chi connectivity index (χ1v) is 4.80. The van der Waals surface area contributed by atoms with Crippen molar-refractivity contribution in [3.63, 3.8) is 0 Å². The fourth-order valence-electron chi connectivity index (χ4n) is 1.34. The van der Waals surface area contributed by atoms with Gasteiger partial charge in [0.15, 0.2) is 11.4 Å². The predicted molar refractivity (Wildman–Crippen MR) is 62.7 cm³/mol. The van der Waals surface area contributed by atoms with E-state index in [4.69, 9.17) is 22.6 Å². The summed E-state index contributed by atoms with van der Waals surface area (Å²) in [7, 11) is 0. The number of nitrogens with one attached hydrogen (secondary N) is 1. The van der Waals surface area contributed by atoms with Crippen LogP contribution in [0.2, 0.25) is 0 Å². The van der Waals surface area contributed by atoms with E-state index in [0.29, 0.717) is 18.7 Å². The molecule has 94 valence electrons. The van der Waals surface area contributed by atoms with E-state index in [-0.39, 0.29) is 12.2 Å². The molecule has 0 amide bonds. The number of aromatic hydroxyl groups is 1. The van der Waals surface area contributed by atoms with Crippen LogP contribution in [0.3, 0.4) is 0 Å². The molecule has 9 nitrogen and oxygen atoms in total. The van der Waals surface area contributed by atoms with E-state index < -0.39 is 16.6 Å². The largest absolute Gasteiger partial charge is 0.502 e. The highest BCUT2D eigenvalue weighted by molar-refractivity contribution is 5.81. The third-order valence-electron chi connectivity index (χ3n) is 2.28. The molecule has 9 heteroatoms. The van der Waals surface area contributed by atoms with Crippen molar-refractivity contribution < 1.29 is 5.11 Å². The molecular weight excluding hydrogens is 228 g/mol. The van der Waals surface area contributed by atoms with Crippen molar-refractivity contribution in [3.05, 3.63) is 20.4 Å². The second-order valence-corrected chi connectivity index (χ2v) is 3.37. The quantitative estimate of drug-likeness (QED) is 0.121. The SMILES string of the molecule is N/N=C(/CCCN(N)c1c(O)c(=O)c1=O)NN. The zero-order chi connectivity index (χ0) is 13.0. The van der Waals surface area contributed by atoms with Gasteiger partial charge in [-0.25, -0.2) is 11.7 Å². The zero-order valence-corrected chi connectivity index (χ0v) is 9.01. The third kappa shape index (κ3) is 2.52.